The van der Waals surface area contributed by atoms with Gasteiger partial charge in [0.2, 0.25) is 5.91 Å². The summed E-state index contributed by atoms with van der Waals surface area (Å²) in [6, 6.07) is 9.20. The minimum absolute atomic E-state index is 0.142. The van der Waals surface area contributed by atoms with Gasteiger partial charge < -0.3 is 19.7 Å². The van der Waals surface area contributed by atoms with E-state index in [0.717, 1.165) is 16.5 Å². The fourth-order valence-electron chi connectivity index (χ4n) is 3.24. The van der Waals surface area contributed by atoms with Gasteiger partial charge in [0.1, 0.15) is 18.5 Å². The van der Waals surface area contributed by atoms with Crippen LogP contribution in [0.15, 0.2) is 70.7 Å². The molecule has 0 aliphatic heterocycles. The molecule has 0 atom stereocenters. The van der Waals surface area contributed by atoms with Crippen LogP contribution >= 0.6 is 0 Å². The smallest absolute Gasteiger partial charge is 0.261 e. The number of aromatic amines is 1. The largest absolute Gasteiger partial charge is 0.363 e. The molecule has 0 saturated heterocycles. The number of anilines is 3. The lowest BCUT2D eigenvalue weighted by Gasteiger charge is -2.12. The standard InChI is InChI=1S/C20H15N7O3/c28-17(25-15-9-23-30-11-15)10-27-5-4-12-2-1-3-16(18(12)20(27)29)24-14-6-13-7-22-26-19(13)21-8-14/h1-9,11,24H,10H2,(H,25,28)(H,21,22,26). The number of hydrogen-bond donors (Lipinski definition) is 3. The molecular weight excluding hydrogens is 386 g/mol. The Morgan fingerprint density at radius 3 is 2.93 bits per heavy atom. The van der Waals surface area contributed by atoms with E-state index < -0.39 is 0 Å². The highest BCUT2D eigenvalue weighted by Crippen LogP contribution is 2.25. The lowest BCUT2D eigenvalue weighted by molar-refractivity contribution is -0.116. The van der Waals surface area contributed by atoms with Gasteiger partial charge in [0.15, 0.2) is 5.65 Å². The molecule has 5 rings (SSSR count). The minimum Gasteiger partial charge on any atom is -0.363 e. The third-order valence-electron chi connectivity index (χ3n) is 4.61. The Morgan fingerprint density at radius 2 is 2.07 bits per heavy atom. The summed E-state index contributed by atoms with van der Waals surface area (Å²) in [6.07, 6.45) is 7.63. The number of hydrogen-bond acceptors (Lipinski definition) is 7. The van der Waals surface area contributed by atoms with Crippen molar-refractivity contribution >= 4 is 44.8 Å². The second kappa shape index (κ2) is 7.17. The molecule has 0 bridgehead atoms. The van der Waals surface area contributed by atoms with Crippen LogP contribution in [0.4, 0.5) is 17.1 Å². The average Bonchev–Trinajstić information content (AvgIpc) is 3.41. The molecule has 0 aliphatic rings. The Kier molecular flexibility index (Phi) is 4.21. The lowest BCUT2D eigenvalue weighted by Crippen LogP contribution is -2.27. The number of amides is 1. The van der Waals surface area contributed by atoms with E-state index in [0.29, 0.717) is 22.4 Å². The number of carbonyl (C=O) groups is 1. The number of H-pyrrole nitrogens is 1. The van der Waals surface area contributed by atoms with E-state index >= 15 is 0 Å². The summed E-state index contributed by atoms with van der Waals surface area (Å²) in [4.78, 5) is 29.7. The highest BCUT2D eigenvalue weighted by atomic mass is 16.5. The monoisotopic (exact) mass is 401 g/mol. The molecule has 1 amide bonds. The molecule has 0 fully saturated rings. The van der Waals surface area contributed by atoms with Crippen LogP contribution in [0, 0.1) is 0 Å². The van der Waals surface area contributed by atoms with E-state index in [-0.39, 0.29) is 18.0 Å². The minimum atomic E-state index is -0.361. The van der Waals surface area contributed by atoms with Gasteiger partial charge in [-0.25, -0.2) is 4.98 Å². The number of nitrogens with one attached hydrogen (secondary N) is 3. The van der Waals surface area contributed by atoms with Crippen LogP contribution in [0.2, 0.25) is 0 Å². The Labute approximate surface area is 168 Å². The van der Waals surface area contributed by atoms with Crippen molar-refractivity contribution < 1.29 is 9.32 Å². The van der Waals surface area contributed by atoms with Crippen molar-refractivity contribution in [1.82, 2.24) is 24.9 Å². The Hall–Kier alpha value is -4.47. The lowest BCUT2D eigenvalue weighted by atomic mass is 10.1. The quantitative estimate of drug-likeness (QED) is 0.413. The summed E-state index contributed by atoms with van der Waals surface area (Å²) in [7, 11) is 0. The van der Waals surface area contributed by atoms with Gasteiger partial charge in [-0.2, -0.15) is 5.10 Å². The van der Waals surface area contributed by atoms with Gasteiger partial charge in [-0.15, -0.1) is 0 Å². The summed E-state index contributed by atoms with van der Waals surface area (Å²) in [5, 5.41) is 18.3. The topological polar surface area (TPSA) is 131 Å². The van der Waals surface area contributed by atoms with Crippen molar-refractivity contribution in [1.29, 1.82) is 0 Å². The molecule has 4 aromatic heterocycles. The molecule has 1 aromatic carbocycles. The van der Waals surface area contributed by atoms with Gasteiger partial charge in [-0.05, 0) is 23.6 Å². The highest BCUT2D eigenvalue weighted by molar-refractivity contribution is 5.96. The molecule has 10 heteroatoms. The summed E-state index contributed by atoms with van der Waals surface area (Å²) >= 11 is 0. The zero-order chi connectivity index (χ0) is 20.5. The van der Waals surface area contributed by atoms with E-state index in [1.807, 2.05) is 24.3 Å². The maximum absolute atomic E-state index is 13.1. The van der Waals surface area contributed by atoms with Crippen molar-refractivity contribution in [3.63, 3.8) is 0 Å². The first-order valence-electron chi connectivity index (χ1n) is 9.05. The predicted octanol–water partition coefficient (Wildman–Crippen LogP) is 2.64. The summed E-state index contributed by atoms with van der Waals surface area (Å²) < 4.78 is 6.04. The van der Waals surface area contributed by atoms with Crippen molar-refractivity contribution in [2.24, 2.45) is 0 Å². The maximum Gasteiger partial charge on any atom is 0.261 e. The van der Waals surface area contributed by atoms with Crippen LogP contribution in [-0.2, 0) is 11.3 Å². The molecule has 10 nitrogen and oxygen atoms in total. The number of nitrogens with zero attached hydrogens (tertiary/aromatic N) is 4. The van der Waals surface area contributed by atoms with E-state index in [1.165, 1.54) is 17.0 Å². The van der Waals surface area contributed by atoms with Crippen LogP contribution in [0.1, 0.15) is 0 Å². The zero-order valence-electron chi connectivity index (χ0n) is 15.5. The average molecular weight is 401 g/mol. The molecule has 0 radical (unpaired) electrons. The second-order valence-electron chi connectivity index (χ2n) is 6.64. The number of aromatic nitrogens is 5. The summed E-state index contributed by atoms with van der Waals surface area (Å²) in [5.74, 6) is -0.361. The molecule has 0 spiro atoms. The van der Waals surface area contributed by atoms with E-state index in [4.69, 9.17) is 0 Å². The van der Waals surface area contributed by atoms with E-state index in [1.54, 1.807) is 24.7 Å². The van der Waals surface area contributed by atoms with Crippen LogP contribution in [0.5, 0.6) is 0 Å². The van der Waals surface area contributed by atoms with Crippen molar-refractivity contribution in [2.75, 3.05) is 10.6 Å². The third-order valence-corrected chi connectivity index (χ3v) is 4.61. The van der Waals surface area contributed by atoms with Gasteiger partial charge in [0.05, 0.1) is 35.4 Å². The Morgan fingerprint density at radius 1 is 1.13 bits per heavy atom. The van der Waals surface area contributed by atoms with Crippen LogP contribution in [0.3, 0.4) is 0 Å². The molecule has 0 unspecified atom stereocenters. The fraction of sp³-hybridized carbons (Fsp3) is 0.0500. The fourth-order valence-corrected chi connectivity index (χ4v) is 3.24. The van der Waals surface area contributed by atoms with Crippen LogP contribution in [0.25, 0.3) is 21.8 Å². The molecule has 4 heterocycles. The number of benzene rings is 1. The van der Waals surface area contributed by atoms with Gasteiger partial charge in [-0.3, -0.25) is 14.7 Å². The number of carbonyl (C=O) groups excluding carboxylic acids is 1. The van der Waals surface area contributed by atoms with E-state index in [2.05, 4.69) is 35.5 Å². The highest BCUT2D eigenvalue weighted by Gasteiger charge is 2.12. The van der Waals surface area contributed by atoms with Gasteiger partial charge in [0, 0.05) is 11.6 Å². The second-order valence-corrected chi connectivity index (χ2v) is 6.64. The SMILES string of the molecule is O=C(Cn1ccc2cccc(Nc3cnc4[nH]ncc4c3)c2c1=O)Nc1cnoc1. The molecule has 5 aromatic rings. The molecule has 3 N–H and O–H groups in total. The summed E-state index contributed by atoms with van der Waals surface area (Å²) in [6.45, 7) is -0.142. The zero-order valence-corrected chi connectivity index (χ0v) is 15.5. The van der Waals surface area contributed by atoms with Gasteiger partial charge in [-0.1, -0.05) is 17.3 Å². The van der Waals surface area contributed by atoms with Crippen molar-refractivity contribution in [3.8, 4) is 0 Å². The number of pyridine rings is 2. The molecule has 30 heavy (non-hydrogen) atoms. The number of rotatable bonds is 5. The Balaban J connectivity index is 1.48. The third kappa shape index (κ3) is 3.26. The first-order chi connectivity index (χ1) is 14.7. The van der Waals surface area contributed by atoms with Gasteiger partial charge >= 0.3 is 0 Å². The van der Waals surface area contributed by atoms with Crippen LogP contribution < -0.4 is 16.2 Å². The summed E-state index contributed by atoms with van der Waals surface area (Å²) in [5.41, 5.74) is 2.17. The van der Waals surface area contributed by atoms with Crippen molar-refractivity contribution in [2.45, 2.75) is 6.54 Å². The molecule has 0 aliphatic carbocycles. The predicted molar refractivity (Wildman–Crippen MR) is 111 cm³/mol. The maximum atomic E-state index is 13.1. The van der Waals surface area contributed by atoms with Crippen LogP contribution in [-0.4, -0.2) is 30.8 Å². The van der Waals surface area contributed by atoms with E-state index in [9.17, 15) is 9.59 Å². The molecule has 0 saturated carbocycles. The molecule has 148 valence electrons. The first-order valence-corrected chi connectivity index (χ1v) is 9.05. The normalized spacial score (nSPS) is 11.1. The molecular formula is C20H15N7O3. The number of fused-ring (bicyclic) bond motifs is 2. The Bertz CT molecular complexity index is 1420. The first kappa shape index (κ1) is 17.6. The van der Waals surface area contributed by atoms with Crippen molar-refractivity contribution in [3.05, 3.63) is 71.7 Å². The van der Waals surface area contributed by atoms with Gasteiger partial charge in [0.25, 0.3) is 5.56 Å².